The van der Waals surface area contributed by atoms with Gasteiger partial charge in [-0.15, -0.1) is 0 Å². The standard InChI is InChI=1S/C6H13N3O/c1-5(2)3-4-8-9-6(7)10/h4-5H,3H2,1-2H3,(H3,7,9,10). The van der Waals surface area contributed by atoms with Gasteiger partial charge in [0.15, 0.2) is 0 Å². The third-order valence-corrected chi connectivity index (χ3v) is 0.843. The Morgan fingerprint density at radius 3 is 2.80 bits per heavy atom. The van der Waals surface area contributed by atoms with Crippen molar-refractivity contribution in [2.45, 2.75) is 20.3 Å². The van der Waals surface area contributed by atoms with Gasteiger partial charge in [0.25, 0.3) is 0 Å². The minimum absolute atomic E-state index is 0.554. The summed E-state index contributed by atoms with van der Waals surface area (Å²) < 4.78 is 0. The second-order valence-electron chi connectivity index (χ2n) is 2.42. The molecule has 3 N–H and O–H groups in total. The minimum atomic E-state index is -0.625. The van der Waals surface area contributed by atoms with Crippen LogP contribution in [0.25, 0.3) is 0 Å². The van der Waals surface area contributed by atoms with E-state index < -0.39 is 6.03 Å². The molecule has 0 rings (SSSR count). The predicted molar refractivity (Wildman–Crippen MR) is 40.7 cm³/mol. The van der Waals surface area contributed by atoms with Gasteiger partial charge in [0.1, 0.15) is 0 Å². The van der Waals surface area contributed by atoms with Crippen LogP contribution in [0.1, 0.15) is 20.3 Å². The molecule has 0 aliphatic heterocycles. The number of amides is 2. The smallest absolute Gasteiger partial charge is 0.332 e. The number of primary amides is 1. The maximum Gasteiger partial charge on any atom is 0.332 e. The Morgan fingerprint density at radius 2 is 2.40 bits per heavy atom. The van der Waals surface area contributed by atoms with Crippen molar-refractivity contribution in [3.63, 3.8) is 0 Å². The molecule has 0 aromatic rings. The first-order chi connectivity index (χ1) is 4.63. The van der Waals surface area contributed by atoms with Crippen LogP contribution < -0.4 is 11.2 Å². The molecule has 2 amide bonds. The minimum Gasteiger partial charge on any atom is -0.350 e. The summed E-state index contributed by atoms with van der Waals surface area (Å²) in [6, 6.07) is -0.625. The monoisotopic (exact) mass is 143 g/mol. The van der Waals surface area contributed by atoms with E-state index in [0.29, 0.717) is 5.92 Å². The van der Waals surface area contributed by atoms with Crippen LogP contribution in [0, 0.1) is 5.92 Å². The third kappa shape index (κ3) is 6.94. The maximum atomic E-state index is 10.0. The Morgan fingerprint density at radius 1 is 1.80 bits per heavy atom. The summed E-state index contributed by atoms with van der Waals surface area (Å²) in [6.07, 6.45) is 2.48. The lowest BCUT2D eigenvalue weighted by atomic mass is 10.2. The second kappa shape index (κ2) is 4.78. The number of hydrogen-bond donors (Lipinski definition) is 2. The molecule has 0 heterocycles. The first kappa shape index (κ1) is 8.94. The Balaban J connectivity index is 3.29. The zero-order valence-electron chi connectivity index (χ0n) is 6.29. The quantitative estimate of drug-likeness (QED) is 0.443. The molecular formula is C6H13N3O. The number of carbonyl (C=O) groups is 1. The van der Waals surface area contributed by atoms with Crippen molar-refractivity contribution in [3.05, 3.63) is 0 Å². The van der Waals surface area contributed by atoms with Crippen molar-refractivity contribution in [3.8, 4) is 0 Å². The van der Waals surface area contributed by atoms with Crippen LogP contribution in [0.5, 0.6) is 0 Å². The van der Waals surface area contributed by atoms with Crippen molar-refractivity contribution in [2.75, 3.05) is 0 Å². The van der Waals surface area contributed by atoms with Gasteiger partial charge in [-0.1, -0.05) is 13.8 Å². The van der Waals surface area contributed by atoms with Crippen LogP contribution in [0.4, 0.5) is 4.79 Å². The number of hydrazone groups is 1. The average Bonchev–Trinajstić information content (AvgIpc) is 1.79. The summed E-state index contributed by atoms with van der Waals surface area (Å²) in [5.41, 5.74) is 6.85. The predicted octanol–water partition coefficient (Wildman–Crippen LogP) is 0.687. The normalized spacial score (nSPS) is 10.7. The van der Waals surface area contributed by atoms with E-state index in [1.54, 1.807) is 6.21 Å². The van der Waals surface area contributed by atoms with Gasteiger partial charge in [-0.25, -0.2) is 10.2 Å². The van der Waals surface area contributed by atoms with Gasteiger partial charge in [-0.3, -0.25) is 0 Å². The Hall–Kier alpha value is -1.06. The number of hydrogen-bond acceptors (Lipinski definition) is 2. The summed E-state index contributed by atoms with van der Waals surface area (Å²) >= 11 is 0. The van der Waals surface area contributed by atoms with E-state index in [-0.39, 0.29) is 0 Å². The van der Waals surface area contributed by atoms with Gasteiger partial charge in [-0.05, 0) is 12.3 Å². The number of nitrogens with one attached hydrogen (secondary N) is 1. The summed E-state index contributed by atoms with van der Waals surface area (Å²) in [6.45, 7) is 4.13. The van der Waals surface area contributed by atoms with Crippen molar-refractivity contribution < 1.29 is 4.79 Å². The topological polar surface area (TPSA) is 67.5 Å². The molecule has 0 fully saturated rings. The molecular weight excluding hydrogens is 130 g/mol. The van der Waals surface area contributed by atoms with Crippen LogP contribution >= 0.6 is 0 Å². The Labute approximate surface area is 60.5 Å². The van der Waals surface area contributed by atoms with Crippen LogP contribution in [0.3, 0.4) is 0 Å². The molecule has 0 atom stereocenters. The maximum absolute atomic E-state index is 10.0. The van der Waals surface area contributed by atoms with E-state index in [0.717, 1.165) is 6.42 Å². The molecule has 10 heavy (non-hydrogen) atoms. The van der Waals surface area contributed by atoms with Crippen molar-refractivity contribution >= 4 is 12.2 Å². The number of nitrogens with zero attached hydrogens (tertiary/aromatic N) is 1. The fourth-order valence-corrected chi connectivity index (χ4v) is 0.373. The molecule has 58 valence electrons. The van der Waals surface area contributed by atoms with E-state index in [4.69, 9.17) is 5.73 Å². The SMILES string of the molecule is CC(C)CC=NNC(N)=O. The Bertz CT molecular complexity index is 131. The molecule has 0 saturated carbocycles. The molecule has 4 heteroatoms. The van der Waals surface area contributed by atoms with Gasteiger partial charge in [0.05, 0.1) is 0 Å². The van der Waals surface area contributed by atoms with Crippen molar-refractivity contribution in [1.29, 1.82) is 0 Å². The number of nitrogens with two attached hydrogens (primary N) is 1. The van der Waals surface area contributed by atoms with E-state index >= 15 is 0 Å². The molecule has 0 aromatic heterocycles. The third-order valence-electron chi connectivity index (χ3n) is 0.843. The lowest BCUT2D eigenvalue weighted by Gasteiger charge is -1.95. The highest BCUT2D eigenvalue weighted by molar-refractivity contribution is 5.72. The highest BCUT2D eigenvalue weighted by atomic mass is 16.2. The zero-order valence-corrected chi connectivity index (χ0v) is 6.29. The van der Waals surface area contributed by atoms with Gasteiger partial charge in [0.2, 0.25) is 0 Å². The van der Waals surface area contributed by atoms with E-state index in [2.05, 4.69) is 24.4 Å². The molecule has 4 nitrogen and oxygen atoms in total. The molecule has 0 spiro atoms. The van der Waals surface area contributed by atoms with Crippen LogP contribution in [0.15, 0.2) is 5.10 Å². The van der Waals surface area contributed by atoms with Crippen molar-refractivity contribution in [2.24, 2.45) is 16.8 Å². The molecule has 0 unspecified atom stereocenters. The van der Waals surface area contributed by atoms with Gasteiger partial charge >= 0.3 is 6.03 Å². The number of rotatable bonds is 3. The lowest BCUT2D eigenvalue weighted by Crippen LogP contribution is -2.24. The number of urea groups is 1. The van der Waals surface area contributed by atoms with Crippen LogP contribution in [0.2, 0.25) is 0 Å². The summed E-state index contributed by atoms with van der Waals surface area (Å²) in [5.74, 6) is 0.554. The average molecular weight is 143 g/mol. The summed E-state index contributed by atoms with van der Waals surface area (Å²) in [4.78, 5) is 10.0. The largest absolute Gasteiger partial charge is 0.350 e. The van der Waals surface area contributed by atoms with Crippen LogP contribution in [-0.2, 0) is 0 Å². The second-order valence-corrected chi connectivity index (χ2v) is 2.42. The van der Waals surface area contributed by atoms with Crippen molar-refractivity contribution in [1.82, 2.24) is 5.43 Å². The summed E-state index contributed by atoms with van der Waals surface area (Å²) in [7, 11) is 0. The fourth-order valence-electron chi connectivity index (χ4n) is 0.373. The molecule has 0 aliphatic carbocycles. The van der Waals surface area contributed by atoms with E-state index in [1.165, 1.54) is 0 Å². The zero-order chi connectivity index (χ0) is 7.98. The van der Waals surface area contributed by atoms with Crippen LogP contribution in [-0.4, -0.2) is 12.2 Å². The molecule has 0 aliphatic rings. The van der Waals surface area contributed by atoms with Gasteiger partial charge in [-0.2, -0.15) is 5.10 Å². The number of carbonyl (C=O) groups excluding carboxylic acids is 1. The molecule has 0 bridgehead atoms. The van der Waals surface area contributed by atoms with Gasteiger partial charge in [0, 0.05) is 6.21 Å². The fraction of sp³-hybridized carbons (Fsp3) is 0.667. The first-order valence-electron chi connectivity index (χ1n) is 3.20. The van der Waals surface area contributed by atoms with E-state index in [9.17, 15) is 4.79 Å². The van der Waals surface area contributed by atoms with Gasteiger partial charge < -0.3 is 5.73 Å². The highest BCUT2D eigenvalue weighted by Crippen LogP contribution is 1.93. The first-order valence-corrected chi connectivity index (χ1v) is 3.20. The lowest BCUT2D eigenvalue weighted by molar-refractivity contribution is 0.249. The summed E-state index contributed by atoms with van der Waals surface area (Å²) in [5, 5.41) is 3.56. The highest BCUT2D eigenvalue weighted by Gasteiger charge is 1.88. The Kier molecular flexibility index (Phi) is 4.28. The molecule has 0 radical (unpaired) electrons. The molecule has 0 saturated heterocycles. The molecule has 0 aromatic carbocycles. The van der Waals surface area contributed by atoms with E-state index in [1.807, 2.05) is 0 Å².